The van der Waals surface area contributed by atoms with Crippen LogP contribution in [0.25, 0.3) is 0 Å². The second-order valence-electron chi connectivity index (χ2n) is 10.1. The van der Waals surface area contributed by atoms with Crippen LogP contribution < -0.4 is 21.3 Å². The first-order valence-electron chi connectivity index (χ1n) is 12.9. The van der Waals surface area contributed by atoms with Gasteiger partial charge >= 0.3 is 6.09 Å². The SMILES string of the molecule is CC(C)C(NC(=O)OCc1ccccc1)C(=O)NC(C(=O)NC1Cc2ccnc(c2)CNC(=O)C1=O)C(C)C. The molecular formula is C28H35N5O6. The second-order valence-corrected chi connectivity index (χ2v) is 10.1. The summed E-state index contributed by atoms with van der Waals surface area (Å²) in [7, 11) is 0. The Hall–Kier alpha value is -4.28. The Labute approximate surface area is 227 Å². The Kier molecular flexibility index (Phi) is 10.1. The summed E-state index contributed by atoms with van der Waals surface area (Å²) in [5.74, 6) is -3.49. The van der Waals surface area contributed by atoms with Crippen molar-refractivity contribution in [2.75, 3.05) is 0 Å². The maximum atomic E-state index is 13.3. The van der Waals surface area contributed by atoms with Crippen LogP contribution in [-0.2, 0) is 43.5 Å². The number of benzene rings is 1. The van der Waals surface area contributed by atoms with Gasteiger partial charge in [-0.1, -0.05) is 58.0 Å². The molecule has 0 saturated carbocycles. The quantitative estimate of drug-likeness (QED) is 0.352. The summed E-state index contributed by atoms with van der Waals surface area (Å²) in [5.41, 5.74) is 2.13. The van der Waals surface area contributed by atoms with E-state index in [1.807, 2.05) is 30.3 Å². The maximum Gasteiger partial charge on any atom is 0.408 e. The highest BCUT2D eigenvalue weighted by molar-refractivity contribution is 6.38. The van der Waals surface area contributed by atoms with Crippen molar-refractivity contribution in [1.82, 2.24) is 26.3 Å². The smallest absolute Gasteiger partial charge is 0.408 e. The van der Waals surface area contributed by atoms with Gasteiger partial charge in [0, 0.05) is 12.6 Å². The molecule has 1 aliphatic rings. The third-order valence-electron chi connectivity index (χ3n) is 6.29. The molecule has 39 heavy (non-hydrogen) atoms. The molecule has 0 aliphatic carbocycles. The third kappa shape index (κ3) is 8.36. The van der Waals surface area contributed by atoms with Gasteiger partial charge in [0.1, 0.15) is 24.7 Å². The minimum absolute atomic E-state index is 0.0398. The van der Waals surface area contributed by atoms with E-state index >= 15 is 0 Å². The van der Waals surface area contributed by atoms with E-state index in [4.69, 9.17) is 4.74 Å². The van der Waals surface area contributed by atoms with Gasteiger partial charge in [0.05, 0.1) is 12.2 Å². The number of nitrogens with zero attached hydrogens (tertiary/aromatic N) is 1. The number of nitrogens with one attached hydrogen (secondary N) is 4. The highest BCUT2D eigenvalue weighted by atomic mass is 16.5. The Balaban J connectivity index is 1.67. The summed E-state index contributed by atoms with van der Waals surface area (Å²) >= 11 is 0. The lowest BCUT2D eigenvalue weighted by atomic mass is 9.98. The van der Waals surface area contributed by atoms with Gasteiger partial charge in [0.2, 0.25) is 17.6 Å². The molecule has 2 bridgehead atoms. The minimum atomic E-state index is -1.13. The average molecular weight is 538 g/mol. The third-order valence-corrected chi connectivity index (χ3v) is 6.29. The molecule has 0 fully saturated rings. The normalized spacial score (nSPS) is 16.7. The molecule has 4 N–H and O–H groups in total. The lowest BCUT2D eigenvalue weighted by Gasteiger charge is -2.28. The fourth-order valence-corrected chi connectivity index (χ4v) is 4.08. The van der Waals surface area contributed by atoms with Crippen molar-refractivity contribution in [2.45, 2.75) is 65.4 Å². The van der Waals surface area contributed by atoms with E-state index in [-0.39, 0.29) is 31.4 Å². The number of ketones is 1. The van der Waals surface area contributed by atoms with E-state index in [1.165, 1.54) is 0 Å². The van der Waals surface area contributed by atoms with Crippen molar-refractivity contribution in [3.63, 3.8) is 0 Å². The summed E-state index contributed by atoms with van der Waals surface area (Å²) < 4.78 is 5.24. The minimum Gasteiger partial charge on any atom is -0.445 e. The Morgan fingerprint density at radius 2 is 1.64 bits per heavy atom. The molecule has 3 rings (SSSR count). The highest BCUT2D eigenvalue weighted by Crippen LogP contribution is 2.12. The summed E-state index contributed by atoms with van der Waals surface area (Å²) in [6.07, 6.45) is 0.902. The predicted molar refractivity (Wildman–Crippen MR) is 142 cm³/mol. The fraction of sp³-hybridized carbons (Fsp3) is 0.429. The monoisotopic (exact) mass is 537 g/mol. The zero-order valence-corrected chi connectivity index (χ0v) is 22.5. The number of aromatic nitrogens is 1. The number of carbonyl (C=O) groups is 5. The van der Waals surface area contributed by atoms with Crippen molar-refractivity contribution in [3.05, 3.63) is 65.5 Å². The number of rotatable bonds is 9. The van der Waals surface area contributed by atoms with Crippen LogP contribution in [0.1, 0.15) is 44.5 Å². The molecule has 0 radical (unpaired) electrons. The van der Waals surface area contributed by atoms with Crippen molar-refractivity contribution in [1.29, 1.82) is 0 Å². The van der Waals surface area contributed by atoms with Gasteiger partial charge in [-0.3, -0.25) is 24.2 Å². The van der Waals surface area contributed by atoms with E-state index in [0.29, 0.717) is 5.69 Å². The zero-order valence-electron chi connectivity index (χ0n) is 22.5. The molecule has 11 nitrogen and oxygen atoms in total. The molecule has 3 atom stereocenters. The van der Waals surface area contributed by atoms with E-state index < -0.39 is 47.7 Å². The number of pyridine rings is 1. The van der Waals surface area contributed by atoms with Gasteiger partial charge in [-0.15, -0.1) is 0 Å². The van der Waals surface area contributed by atoms with E-state index in [2.05, 4.69) is 26.3 Å². The van der Waals surface area contributed by atoms with Gasteiger partial charge in [-0.05, 0) is 35.1 Å². The molecule has 1 aromatic heterocycles. The average Bonchev–Trinajstić information content (AvgIpc) is 2.94. The molecule has 0 spiro atoms. The Morgan fingerprint density at radius 1 is 0.974 bits per heavy atom. The second kappa shape index (κ2) is 13.5. The molecule has 2 aromatic rings. The molecule has 11 heteroatoms. The summed E-state index contributed by atoms with van der Waals surface area (Å²) in [6.45, 7) is 7.12. The van der Waals surface area contributed by atoms with Crippen LogP contribution in [-0.4, -0.2) is 52.7 Å². The van der Waals surface area contributed by atoms with Crippen molar-refractivity contribution < 1.29 is 28.7 Å². The number of hydrogen-bond acceptors (Lipinski definition) is 7. The Bertz CT molecular complexity index is 1200. The number of amides is 4. The number of Topliss-reactive ketones (excluding diaryl/α,β-unsaturated/α-hetero) is 1. The van der Waals surface area contributed by atoms with E-state index in [9.17, 15) is 24.0 Å². The molecule has 208 valence electrons. The van der Waals surface area contributed by atoms with Gasteiger partial charge < -0.3 is 26.0 Å². The standard InChI is InChI=1S/C28H35N5O6/c1-16(2)22(25(35)31-21-13-19-10-11-29-20(12-19)14-30-27(37)24(21)34)32-26(36)23(17(3)4)33-28(38)39-15-18-8-6-5-7-9-18/h5-12,16-17,21-23H,13-15H2,1-4H3,(H,30,37)(H,31,35)(H,32,36)(H,33,38). The molecule has 0 saturated heterocycles. The van der Waals surface area contributed by atoms with Gasteiger partial charge in [-0.25, -0.2) is 4.79 Å². The van der Waals surface area contributed by atoms with E-state index in [1.54, 1.807) is 46.0 Å². The van der Waals surface area contributed by atoms with Crippen LogP contribution in [0.15, 0.2) is 48.7 Å². The molecule has 3 unspecified atom stereocenters. The first-order chi connectivity index (χ1) is 18.5. The van der Waals surface area contributed by atoms with Crippen LogP contribution >= 0.6 is 0 Å². The van der Waals surface area contributed by atoms with Crippen LogP contribution in [0.2, 0.25) is 0 Å². The highest BCUT2D eigenvalue weighted by Gasteiger charge is 2.34. The number of hydrogen-bond donors (Lipinski definition) is 4. The number of carbonyl (C=O) groups excluding carboxylic acids is 5. The van der Waals surface area contributed by atoms with Crippen molar-refractivity contribution in [2.24, 2.45) is 11.8 Å². The lowest BCUT2D eigenvalue weighted by molar-refractivity contribution is -0.140. The molecule has 4 amide bonds. The van der Waals surface area contributed by atoms with Gasteiger partial charge in [0.15, 0.2) is 0 Å². The summed E-state index contributed by atoms with van der Waals surface area (Å²) in [4.78, 5) is 68.2. The number of fused-ring (bicyclic) bond motifs is 2. The zero-order chi connectivity index (χ0) is 28.5. The molecule has 1 aliphatic heterocycles. The fourth-order valence-electron chi connectivity index (χ4n) is 4.08. The van der Waals surface area contributed by atoms with Crippen LogP contribution in [0.3, 0.4) is 0 Å². The summed E-state index contributed by atoms with van der Waals surface area (Å²) in [6, 6.07) is 9.45. The van der Waals surface area contributed by atoms with Crippen molar-refractivity contribution >= 4 is 29.6 Å². The number of ether oxygens (including phenoxy) is 1. The number of alkyl carbamates (subject to hydrolysis) is 1. The molecular weight excluding hydrogens is 502 g/mol. The topological polar surface area (TPSA) is 156 Å². The predicted octanol–water partition coefficient (Wildman–Crippen LogP) is 1.40. The van der Waals surface area contributed by atoms with Crippen LogP contribution in [0.4, 0.5) is 4.79 Å². The van der Waals surface area contributed by atoms with Crippen LogP contribution in [0, 0.1) is 11.8 Å². The largest absolute Gasteiger partial charge is 0.445 e. The van der Waals surface area contributed by atoms with Gasteiger partial charge in [0.25, 0.3) is 5.91 Å². The first-order valence-corrected chi connectivity index (χ1v) is 12.9. The van der Waals surface area contributed by atoms with E-state index in [0.717, 1.165) is 11.1 Å². The maximum absolute atomic E-state index is 13.3. The van der Waals surface area contributed by atoms with Crippen molar-refractivity contribution in [3.8, 4) is 0 Å². The molecule has 1 aromatic carbocycles. The lowest BCUT2D eigenvalue weighted by Crippen LogP contribution is -2.59. The summed E-state index contributed by atoms with van der Waals surface area (Å²) in [5, 5.41) is 10.4. The molecule has 2 heterocycles. The van der Waals surface area contributed by atoms with Crippen LogP contribution in [0.5, 0.6) is 0 Å². The Morgan fingerprint density at radius 3 is 2.31 bits per heavy atom. The first kappa shape index (κ1) is 29.3. The van der Waals surface area contributed by atoms with Gasteiger partial charge in [-0.2, -0.15) is 0 Å².